The van der Waals surface area contributed by atoms with Gasteiger partial charge in [0, 0.05) is 12.1 Å². The minimum atomic E-state index is -0.186. The number of anilines is 1. The van der Waals surface area contributed by atoms with Crippen LogP contribution in [0.25, 0.3) is 10.8 Å². The second kappa shape index (κ2) is 6.90. The van der Waals surface area contributed by atoms with E-state index in [2.05, 4.69) is 28.1 Å². The van der Waals surface area contributed by atoms with Crippen LogP contribution < -0.4 is 15.0 Å². The van der Waals surface area contributed by atoms with Gasteiger partial charge in [-0.1, -0.05) is 35.3 Å². The number of furan rings is 1. The molecule has 0 saturated carbocycles. The molecule has 0 fully saturated rings. The van der Waals surface area contributed by atoms with Crippen molar-refractivity contribution in [2.24, 2.45) is 0 Å². The third-order valence-electron chi connectivity index (χ3n) is 5.46. The maximum absolute atomic E-state index is 6.67. The lowest BCUT2D eigenvalue weighted by molar-refractivity contribution is -0.685. The van der Waals surface area contributed by atoms with E-state index in [0.29, 0.717) is 11.7 Å². The molecular formula is C23H23N4O2+. The van der Waals surface area contributed by atoms with Gasteiger partial charge >= 0.3 is 5.88 Å². The summed E-state index contributed by atoms with van der Waals surface area (Å²) in [7, 11) is 4.08. The second-order valence-corrected chi connectivity index (χ2v) is 7.59. The summed E-state index contributed by atoms with van der Waals surface area (Å²) >= 11 is 0. The van der Waals surface area contributed by atoms with Crippen molar-refractivity contribution < 1.29 is 13.7 Å². The van der Waals surface area contributed by atoms with E-state index in [1.807, 2.05) is 49.0 Å². The van der Waals surface area contributed by atoms with Crippen LogP contribution in [0.5, 0.6) is 11.6 Å². The highest BCUT2D eigenvalue weighted by molar-refractivity contribution is 5.90. The molecule has 2 aromatic heterocycles. The minimum absolute atomic E-state index is 0.186. The number of ether oxygens (including phenoxy) is 1. The Kier molecular flexibility index (Phi) is 4.21. The molecule has 0 amide bonds. The molecule has 4 aromatic rings. The Bertz CT molecular complexity index is 1190. The molecule has 0 saturated heterocycles. The highest BCUT2D eigenvalue weighted by Gasteiger charge is 2.38. The smallest absolute Gasteiger partial charge is 0.306 e. The normalized spacial score (nSPS) is 15.2. The molecule has 5 rings (SSSR count). The molecule has 1 atom stereocenters. The number of aromatic nitrogens is 2. The molecule has 0 radical (unpaired) electrons. The lowest BCUT2D eigenvalue weighted by atomic mass is 9.84. The number of rotatable bonds is 4. The molecule has 0 aliphatic carbocycles. The number of nitrogens with two attached hydrogens (primary N) is 1. The van der Waals surface area contributed by atoms with Crippen molar-refractivity contribution in [2.75, 3.05) is 26.4 Å². The average Bonchev–Trinajstić information content (AvgIpc) is 3.26. The summed E-state index contributed by atoms with van der Waals surface area (Å²) in [5.41, 5.74) is 8.58. The summed E-state index contributed by atoms with van der Waals surface area (Å²) in [5, 5.41) is 2.28. The molecule has 2 N–H and O–H groups in total. The molecule has 146 valence electrons. The molecule has 0 spiro atoms. The SMILES string of the molecule is CN(C)CC[n+]1cnc2c(c1N)[C@@H](c1ccco1)c1c(ccc3ccccc13)O2. The van der Waals surface area contributed by atoms with Crippen LogP contribution in [0.3, 0.4) is 0 Å². The number of hydrogen-bond acceptors (Lipinski definition) is 5. The van der Waals surface area contributed by atoms with Gasteiger partial charge in [-0.2, -0.15) is 0 Å². The Balaban J connectivity index is 1.75. The predicted molar refractivity (Wildman–Crippen MR) is 111 cm³/mol. The zero-order valence-corrected chi connectivity index (χ0v) is 16.5. The first kappa shape index (κ1) is 17.7. The van der Waals surface area contributed by atoms with Gasteiger partial charge in [-0.3, -0.25) is 0 Å². The van der Waals surface area contributed by atoms with Crippen LogP contribution in [-0.2, 0) is 6.54 Å². The van der Waals surface area contributed by atoms with Gasteiger partial charge in [0.1, 0.15) is 17.1 Å². The Hall–Kier alpha value is -3.38. The fraction of sp³-hybridized carbons (Fsp3) is 0.217. The van der Waals surface area contributed by atoms with Crippen molar-refractivity contribution >= 4 is 16.6 Å². The first-order valence-electron chi connectivity index (χ1n) is 9.69. The van der Waals surface area contributed by atoms with E-state index < -0.39 is 0 Å². The van der Waals surface area contributed by atoms with E-state index in [4.69, 9.17) is 14.9 Å². The summed E-state index contributed by atoms with van der Waals surface area (Å²) in [5.74, 6) is 2.61. The molecule has 2 aromatic carbocycles. The van der Waals surface area contributed by atoms with Crippen LogP contribution >= 0.6 is 0 Å². The van der Waals surface area contributed by atoms with Gasteiger partial charge in [0.15, 0.2) is 0 Å². The number of benzene rings is 2. The van der Waals surface area contributed by atoms with E-state index in [0.717, 1.165) is 46.5 Å². The summed E-state index contributed by atoms with van der Waals surface area (Å²) in [6, 6.07) is 16.3. The number of nitrogen functional groups attached to an aromatic ring is 1. The summed E-state index contributed by atoms with van der Waals surface area (Å²) in [6.45, 7) is 1.60. The van der Waals surface area contributed by atoms with Crippen LogP contribution in [0.1, 0.15) is 22.8 Å². The number of fused-ring (bicyclic) bond motifs is 4. The lowest BCUT2D eigenvalue weighted by Crippen LogP contribution is -2.43. The second-order valence-electron chi connectivity index (χ2n) is 7.59. The van der Waals surface area contributed by atoms with Crippen LogP contribution in [0.4, 0.5) is 5.82 Å². The van der Waals surface area contributed by atoms with Gasteiger partial charge in [0.25, 0.3) is 0 Å². The van der Waals surface area contributed by atoms with Gasteiger partial charge in [0.2, 0.25) is 12.1 Å². The number of likely N-dealkylation sites (N-methyl/N-ethyl adjacent to an activating group) is 1. The summed E-state index contributed by atoms with van der Waals surface area (Å²) in [4.78, 5) is 6.72. The molecule has 6 heteroatoms. The third kappa shape index (κ3) is 2.93. The number of hydrogen-bond donors (Lipinski definition) is 1. The molecule has 1 aliphatic rings. The molecular weight excluding hydrogens is 364 g/mol. The average molecular weight is 387 g/mol. The van der Waals surface area contributed by atoms with Gasteiger partial charge in [0.05, 0.1) is 18.7 Å². The van der Waals surface area contributed by atoms with Crippen molar-refractivity contribution in [1.29, 1.82) is 0 Å². The van der Waals surface area contributed by atoms with Crippen LogP contribution in [0.2, 0.25) is 0 Å². The monoisotopic (exact) mass is 387 g/mol. The van der Waals surface area contributed by atoms with E-state index >= 15 is 0 Å². The Labute approximate surface area is 169 Å². The molecule has 0 unspecified atom stereocenters. The van der Waals surface area contributed by atoms with Crippen molar-refractivity contribution in [1.82, 2.24) is 9.88 Å². The van der Waals surface area contributed by atoms with Crippen LogP contribution in [0.15, 0.2) is 65.5 Å². The predicted octanol–water partition coefficient (Wildman–Crippen LogP) is 3.55. The molecule has 3 heterocycles. The first-order valence-corrected chi connectivity index (χ1v) is 9.69. The zero-order valence-electron chi connectivity index (χ0n) is 16.5. The summed E-state index contributed by atoms with van der Waals surface area (Å²) < 4.78 is 14.1. The van der Waals surface area contributed by atoms with Gasteiger partial charge in [-0.25, -0.2) is 4.57 Å². The Morgan fingerprint density at radius 3 is 2.72 bits per heavy atom. The number of nitrogens with zero attached hydrogens (tertiary/aromatic N) is 3. The third-order valence-corrected chi connectivity index (χ3v) is 5.46. The highest BCUT2D eigenvalue weighted by atomic mass is 16.5. The first-order chi connectivity index (χ1) is 14.1. The van der Waals surface area contributed by atoms with E-state index in [9.17, 15) is 0 Å². The fourth-order valence-corrected chi connectivity index (χ4v) is 4.01. The van der Waals surface area contributed by atoms with E-state index in [-0.39, 0.29) is 5.92 Å². The van der Waals surface area contributed by atoms with Crippen LogP contribution in [0, 0.1) is 0 Å². The molecule has 1 aliphatic heterocycles. The largest absolute Gasteiger partial charge is 0.468 e. The quantitative estimate of drug-likeness (QED) is 0.478. The topological polar surface area (TPSA) is 68.4 Å². The lowest BCUT2D eigenvalue weighted by Gasteiger charge is -2.27. The fourth-order valence-electron chi connectivity index (χ4n) is 4.01. The Morgan fingerprint density at radius 1 is 1.07 bits per heavy atom. The van der Waals surface area contributed by atoms with Gasteiger partial charge in [-0.05, 0) is 43.1 Å². The van der Waals surface area contributed by atoms with Crippen molar-refractivity contribution in [3.8, 4) is 11.6 Å². The molecule has 0 bridgehead atoms. The maximum atomic E-state index is 6.67. The maximum Gasteiger partial charge on any atom is 0.306 e. The zero-order chi connectivity index (χ0) is 20.0. The van der Waals surface area contributed by atoms with Crippen LogP contribution in [-0.4, -0.2) is 30.5 Å². The molecule has 29 heavy (non-hydrogen) atoms. The van der Waals surface area contributed by atoms with E-state index in [1.165, 1.54) is 0 Å². The minimum Gasteiger partial charge on any atom is -0.468 e. The van der Waals surface area contributed by atoms with Crippen molar-refractivity contribution in [3.05, 3.63) is 78.0 Å². The highest BCUT2D eigenvalue weighted by Crippen LogP contribution is 2.50. The van der Waals surface area contributed by atoms with Gasteiger partial charge < -0.3 is 19.8 Å². The standard InChI is InChI=1S/C23H22N4O2/c1-26(2)11-12-27-14-25-23-21(22(27)24)20(17-8-5-13-28-17)19-16-7-4-3-6-15(16)9-10-18(19)29-23/h3-10,13-14,20,24H,11-12H2,1-2H3/p+1/t20-/m0/s1. The van der Waals surface area contributed by atoms with E-state index in [1.54, 1.807) is 12.6 Å². The summed E-state index contributed by atoms with van der Waals surface area (Å²) in [6.07, 6.45) is 3.45. The van der Waals surface area contributed by atoms with Crippen molar-refractivity contribution in [3.63, 3.8) is 0 Å². The van der Waals surface area contributed by atoms with Crippen molar-refractivity contribution in [2.45, 2.75) is 12.5 Å². The van der Waals surface area contributed by atoms with Gasteiger partial charge in [-0.15, -0.1) is 0 Å². The Morgan fingerprint density at radius 2 is 1.93 bits per heavy atom. The molecule has 6 nitrogen and oxygen atoms in total.